The average molecular weight is 411 g/mol. The van der Waals surface area contributed by atoms with Crippen LogP contribution < -0.4 is 14.2 Å². The van der Waals surface area contributed by atoms with Crippen LogP contribution in [0.25, 0.3) is 6.08 Å². The lowest BCUT2D eigenvalue weighted by molar-refractivity contribution is 0.0957. The molecule has 30 heavy (non-hydrogen) atoms. The Kier molecular flexibility index (Phi) is 7.71. The summed E-state index contributed by atoms with van der Waals surface area (Å²) in [5, 5.41) is 0. The van der Waals surface area contributed by atoms with Crippen LogP contribution in [0.2, 0.25) is 0 Å². The highest BCUT2D eigenvalue weighted by Gasteiger charge is 2.19. The molecule has 0 amide bonds. The van der Waals surface area contributed by atoms with Gasteiger partial charge in [0.1, 0.15) is 17.0 Å². The maximum atomic E-state index is 12.5. The zero-order valence-electron chi connectivity index (χ0n) is 19.2. The molecule has 0 radical (unpaired) electrons. The minimum absolute atomic E-state index is 0.0645. The molecular weight excluding hydrogens is 376 g/mol. The quantitative estimate of drug-likeness (QED) is 0.358. The van der Waals surface area contributed by atoms with Crippen molar-refractivity contribution in [3.8, 4) is 17.2 Å². The molecule has 162 valence electrons. The molecule has 4 heteroatoms. The van der Waals surface area contributed by atoms with E-state index in [1.165, 1.54) is 0 Å². The smallest absolute Gasteiger partial charge is 0.185 e. The predicted molar refractivity (Wildman–Crippen MR) is 123 cm³/mol. The molecule has 0 N–H and O–H groups in total. The van der Waals surface area contributed by atoms with Gasteiger partial charge in [-0.05, 0) is 96.0 Å². The predicted octanol–water partition coefficient (Wildman–Crippen LogP) is 6.73. The van der Waals surface area contributed by atoms with Crippen LogP contribution in [0.3, 0.4) is 0 Å². The fraction of sp³-hybridized carbons (Fsp3) is 0.423. The molecule has 4 nitrogen and oxygen atoms in total. The lowest BCUT2D eigenvalue weighted by atomic mass is 10.1. The van der Waals surface area contributed by atoms with E-state index < -0.39 is 0 Å². The first-order valence-electron chi connectivity index (χ1n) is 10.4. The van der Waals surface area contributed by atoms with Crippen molar-refractivity contribution in [2.45, 2.75) is 66.1 Å². The summed E-state index contributed by atoms with van der Waals surface area (Å²) in [7, 11) is 0. The van der Waals surface area contributed by atoms with Crippen molar-refractivity contribution in [3.05, 3.63) is 59.7 Å². The Morgan fingerprint density at radius 2 is 1.47 bits per heavy atom. The molecule has 2 rings (SSSR count). The van der Waals surface area contributed by atoms with Crippen molar-refractivity contribution >= 4 is 11.9 Å². The van der Waals surface area contributed by atoms with Crippen molar-refractivity contribution in [1.82, 2.24) is 0 Å². The van der Waals surface area contributed by atoms with Gasteiger partial charge in [0.2, 0.25) is 0 Å². The van der Waals surface area contributed by atoms with Crippen LogP contribution in [0.1, 0.15) is 70.8 Å². The lowest BCUT2D eigenvalue weighted by Crippen LogP contribution is -2.26. The van der Waals surface area contributed by atoms with E-state index in [-0.39, 0.29) is 17.0 Å². The van der Waals surface area contributed by atoms with Crippen molar-refractivity contribution < 1.29 is 19.0 Å². The van der Waals surface area contributed by atoms with E-state index >= 15 is 0 Å². The number of hydrogen-bond acceptors (Lipinski definition) is 4. The van der Waals surface area contributed by atoms with Crippen molar-refractivity contribution in [3.63, 3.8) is 0 Å². The van der Waals surface area contributed by atoms with Crippen LogP contribution >= 0.6 is 0 Å². The first-order chi connectivity index (χ1) is 14.0. The topological polar surface area (TPSA) is 44.8 Å². The molecule has 0 aliphatic carbocycles. The van der Waals surface area contributed by atoms with Gasteiger partial charge in [0.05, 0.1) is 6.61 Å². The molecule has 0 saturated heterocycles. The van der Waals surface area contributed by atoms with Gasteiger partial charge in [0.15, 0.2) is 17.3 Å². The molecule has 0 unspecified atom stereocenters. The van der Waals surface area contributed by atoms with Crippen molar-refractivity contribution in [2.24, 2.45) is 0 Å². The number of allylic oxidation sites excluding steroid dienone is 1. The molecule has 0 aliphatic rings. The Hall–Kier alpha value is -2.75. The number of carbonyl (C=O) groups is 1. The van der Waals surface area contributed by atoms with Crippen molar-refractivity contribution in [2.75, 3.05) is 6.61 Å². The van der Waals surface area contributed by atoms with Gasteiger partial charge in [0.25, 0.3) is 0 Å². The fourth-order valence-corrected chi connectivity index (χ4v) is 2.66. The molecular formula is C26H34O4. The molecule has 0 saturated carbocycles. The van der Waals surface area contributed by atoms with E-state index in [1.807, 2.05) is 71.9 Å². The Balaban J connectivity index is 2.19. The summed E-state index contributed by atoms with van der Waals surface area (Å²) in [6, 6.07) is 12.9. The second kappa shape index (κ2) is 9.84. The zero-order valence-corrected chi connectivity index (χ0v) is 19.2. The summed E-state index contributed by atoms with van der Waals surface area (Å²) in [5.74, 6) is 2.05. The standard InChI is InChI=1S/C26H34O4/c1-8-17-28-21-13-11-20(12-14-21)22(27)15-9-19-10-16-23(29-25(2,3)4)24(18-19)30-26(5,6)7/h9-16,18H,8,17H2,1-7H3/b15-9+. The second-order valence-electron chi connectivity index (χ2n) is 9.21. The number of ketones is 1. The van der Waals surface area contributed by atoms with Gasteiger partial charge in [-0.3, -0.25) is 4.79 Å². The Morgan fingerprint density at radius 1 is 0.867 bits per heavy atom. The van der Waals surface area contributed by atoms with Gasteiger partial charge >= 0.3 is 0 Å². The molecule has 0 bridgehead atoms. The highest BCUT2D eigenvalue weighted by molar-refractivity contribution is 6.06. The first kappa shape index (κ1) is 23.5. The van der Waals surface area contributed by atoms with Crippen LogP contribution in [0.5, 0.6) is 17.2 Å². The Bertz CT molecular complexity index is 865. The van der Waals surface area contributed by atoms with E-state index in [4.69, 9.17) is 14.2 Å². The van der Waals surface area contributed by atoms with Crippen LogP contribution in [-0.4, -0.2) is 23.6 Å². The average Bonchev–Trinajstić information content (AvgIpc) is 2.64. The fourth-order valence-electron chi connectivity index (χ4n) is 2.66. The number of ether oxygens (including phenoxy) is 3. The van der Waals surface area contributed by atoms with Crippen LogP contribution in [0.4, 0.5) is 0 Å². The monoisotopic (exact) mass is 410 g/mol. The summed E-state index contributed by atoms with van der Waals surface area (Å²) in [5.41, 5.74) is 0.784. The van der Waals surface area contributed by atoms with Gasteiger partial charge in [-0.2, -0.15) is 0 Å². The molecule has 0 atom stereocenters. The summed E-state index contributed by atoms with van der Waals surface area (Å²) < 4.78 is 17.7. The van der Waals surface area contributed by atoms with Crippen molar-refractivity contribution in [1.29, 1.82) is 0 Å². The summed E-state index contributed by atoms with van der Waals surface area (Å²) in [6.07, 6.45) is 4.31. The van der Waals surface area contributed by atoms with E-state index in [1.54, 1.807) is 24.3 Å². The molecule has 0 aromatic heterocycles. The number of hydrogen-bond donors (Lipinski definition) is 0. The molecule has 2 aromatic carbocycles. The molecule has 0 fully saturated rings. The van der Waals surface area contributed by atoms with Gasteiger partial charge in [-0.25, -0.2) is 0 Å². The third-order valence-electron chi connectivity index (χ3n) is 3.84. The zero-order chi connectivity index (χ0) is 22.4. The molecule has 0 spiro atoms. The lowest BCUT2D eigenvalue weighted by Gasteiger charge is -2.27. The number of rotatable bonds is 8. The molecule has 2 aromatic rings. The minimum atomic E-state index is -0.365. The minimum Gasteiger partial charge on any atom is -0.494 e. The van der Waals surface area contributed by atoms with Gasteiger partial charge in [0, 0.05) is 5.56 Å². The largest absolute Gasteiger partial charge is 0.494 e. The Labute approximate surface area is 180 Å². The summed E-state index contributed by atoms with van der Waals surface area (Å²) >= 11 is 0. The van der Waals surface area contributed by atoms with Gasteiger partial charge in [-0.1, -0.05) is 19.1 Å². The van der Waals surface area contributed by atoms with Gasteiger partial charge < -0.3 is 14.2 Å². The van der Waals surface area contributed by atoms with Crippen LogP contribution in [-0.2, 0) is 0 Å². The number of benzene rings is 2. The van der Waals surface area contributed by atoms with E-state index in [2.05, 4.69) is 6.92 Å². The first-order valence-corrected chi connectivity index (χ1v) is 10.4. The van der Waals surface area contributed by atoms with E-state index in [0.717, 1.165) is 17.7 Å². The molecule has 0 heterocycles. The highest BCUT2D eigenvalue weighted by Crippen LogP contribution is 2.34. The third kappa shape index (κ3) is 7.94. The normalized spacial score (nSPS) is 12.1. The molecule has 0 aliphatic heterocycles. The summed E-state index contributed by atoms with van der Waals surface area (Å²) in [6.45, 7) is 14.7. The highest BCUT2D eigenvalue weighted by atomic mass is 16.5. The maximum Gasteiger partial charge on any atom is 0.185 e. The third-order valence-corrected chi connectivity index (χ3v) is 3.84. The summed E-state index contributed by atoms with van der Waals surface area (Å²) in [4.78, 5) is 12.5. The van der Waals surface area contributed by atoms with Crippen LogP contribution in [0, 0.1) is 0 Å². The van der Waals surface area contributed by atoms with Gasteiger partial charge in [-0.15, -0.1) is 0 Å². The van der Waals surface area contributed by atoms with E-state index in [0.29, 0.717) is 23.7 Å². The number of carbonyl (C=O) groups excluding carboxylic acids is 1. The Morgan fingerprint density at radius 3 is 2.03 bits per heavy atom. The second-order valence-corrected chi connectivity index (χ2v) is 9.21. The van der Waals surface area contributed by atoms with E-state index in [9.17, 15) is 4.79 Å². The SMILES string of the molecule is CCCOc1ccc(C(=O)/C=C/c2ccc(OC(C)(C)C)c(OC(C)(C)C)c2)cc1. The van der Waals surface area contributed by atoms with Crippen LogP contribution in [0.15, 0.2) is 48.5 Å². The maximum absolute atomic E-state index is 12.5.